The van der Waals surface area contributed by atoms with Crippen molar-refractivity contribution in [3.63, 3.8) is 0 Å². The van der Waals surface area contributed by atoms with E-state index in [2.05, 4.69) is 5.32 Å². The number of carboxylic acids is 1. The summed E-state index contributed by atoms with van der Waals surface area (Å²) >= 11 is 0. The van der Waals surface area contributed by atoms with Crippen LogP contribution in [0.3, 0.4) is 0 Å². The first-order chi connectivity index (χ1) is 16.9. The highest BCUT2D eigenvalue weighted by Crippen LogP contribution is 2.20. The first-order valence-electron chi connectivity index (χ1n) is 10.9. The van der Waals surface area contributed by atoms with Gasteiger partial charge in [-0.3, -0.25) is 4.79 Å². The highest BCUT2D eigenvalue weighted by atomic mass is 32.2. The zero-order valence-corrected chi connectivity index (χ0v) is 20.4. The van der Waals surface area contributed by atoms with Gasteiger partial charge >= 0.3 is 12.1 Å². The van der Waals surface area contributed by atoms with Crippen molar-refractivity contribution in [1.29, 1.82) is 0 Å². The largest absolute Gasteiger partial charge is 0.497 e. The third kappa shape index (κ3) is 8.81. The molecule has 13 heteroatoms. The molecule has 1 amide bonds. The summed E-state index contributed by atoms with van der Waals surface area (Å²) in [5.74, 6) is -2.35. The van der Waals surface area contributed by atoms with E-state index in [1.54, 1.807) is 17.0 Å². The Bertz CT molecular complexity index is 1090. The van der Waals surface area contributed by atoms with Gasteiger partial charge in [-0.2, -0.15) is 17.5 Å². The molecule has 1 fully saturated rings. The molecule has 3 rings (SSSR count). The van der Waals surface area contributed by atoms with Gasteiger partial charge in [0, 0.05) is 32.7 Å². The maximum absolute atomic E-state index is 13.3. The van der Waals surface area contributed by atoms with Crippen molar-refractivity contribution in [1.82, 2.24) is 14.5 Å². The van der Waals surface area contributed by atoms with Crippen LogP contribution < -0.4 is 10.1 Å². The molecule has 36 heavy (non-hydrogen) atoms. The highest BCUT2D eigenvalue weighted by Gasteiger charge is 2.38. The van der Waals surface area contributed by atoms with Crippen LogP contribution >= 0.6 is 0 Å². The van der Waals surface area contributed by atoms with Gasteiger partial charge in [-0.05, 0) is 36.2 Å². The Hall–Kier alpha value is -3.16. The fraction of sp³-hybridized carbons (Fsp3) is 0.391. The third-order valence-corrected chi connectivity index (χ3v) is 7.07. The summed E-state index contributed by atoms with van der Waals surface area (Å²) in [6.45, 7) is 2.70. The van der Waals surface area contributed by atoms with E-state index in [1.165, 1.54) is 23.5 Å². The highest BCUT2D eigenvalue weighted by molar-refractivity contribution is 7.89. The number of aliphatic carboxylic acids is 1. The van der Waals surface area contributed by atoms with Crippen molar-refractivity contribution < 1.29 is 41.0 Å². The molecule has 0 aliphatic carbocycles. The van der Waals surface area contributed by atoms with Gasteiger partial charge in [-0.15, -0.1) is 0 Å². The second-order valence-electron chi connectivity index (χ2n) is 7.68. The second kappa shape index (κ2) is 13.2. The number of methoxy groups -OCH3 is 1. The summed E-state index contributed by atoms with van der Waals surface area (Å²) < 4.78 is 64.7. The molecule has 0 spiro atoms. The van der Waals surface area contributed by atoms with E-state index in [9.17, 15) is 26.4 Å². The molecule has 0 radical (unpaired) electrons. The van der Waals surface area contributed by atoms with Crippen LogP contribution in [-0.2, 0) is 26.0 Å². The molecule has 0 unspecified atom stereocenters. The molecule has 198 valence electrons. The lowest BCUT2D eigenvalue weighted by molar-refractivity contribution is -0.192. The second-order valence-corrected chi connectivity index (χ2v) is 9.62. The van der Waals surface area contributed by atoms with Crippen molar-refractivity contribution in [3.05, 3.63) is 60.2 Å². The van der Waals surface area contributed by atoms with E-state index in [0.29, 0.717) is 25.3 Å². The molecule has 1 saturated heterocycles. The molecule has 1 aliphatic heterocycles. The van der Waals surface area contributed by atoms with Gasteiger partial charge in [0.2, 0.25) is 15.9 Å². The number of carbonyl (C=O) groups excluding carboxylic acids is 1. The summed E-state index contributed by atoms with van der Waals surface area (Å²) in [6.07, 6.45) is -4.55. The van der Waals surface area contributed by atoms with Crippen molar-refractivity contribution in [2.45, 2.75) is 17.5 Å². The van der Waals surface area contributed by atoms with E-state index in [-0.39, 0.29) is 23.9 Å². The number of hydrogen-bond acceptors (Lipinski definition) is 6. The molecular weight excluding hydrogens is 503 g/mol. The van der Waals surface area contributed by atoms with Crippen molar-refractivity contribution >= 4 is 21.9 Å². The lowest BCUT2D eigenvalue weighted by atomic mass is 10.1. The Morgan fingerprint density at radius 3 is 2.11 bits per heavy atom. The lowest BCUT2D eigenvalue weighted by Gasteiger charge is -2.30. The van der Waals surface area contributed by atoms with Crippen LogP contribution in [0.2, 0.25) is 0 Å². The van der Waals surface area contributed by atoms with Crippen LogP contribution in [0.5, 0.6) is 5.75 Å². The standard InChI is InChI=1S/C21H27N3O4S.C2HF3O2/c1-28-19-7-9-20(10-8-19)29(26,27)24(14-11-18-5-3-2-4-6-18)17-21(25)23-15-12-22-13-16-23;3-2(4,5)1(6)7/h2-10,22H,11-17H2,1H3;(H,6,7). The molecule has 9 nitrogen and oxygen atoms in total. The molecule has 1 aliphatic rings. The Morgan fingerprint density at radius 2 is 1.61 bits per heavy atom. The van der Waals surface area contributed by atoms with Crippen LogP contribution in [-0.4, -0.2) is 87.2 Å². The summed E-state index contributed by atoms with van der Waals surface area (Å²) in [5.41, 5.74) is 1.03. The topological polar surface area (TPSA) is 116 Å². The zero-order valence-electron chi connectivity index (χ0n) is 19.6. The predicted molar refractivity (Wildman–Crippen MR) is 125 cm³/mol. The Morgan fingerprint density at radius 1 is 1.06 bits per heavy atom. The minimum absolute atomic E-state index is 0.152. The van der Waals surface area contributed by atoms with E-state index in [4.69, 9.17) is 14.6 Å². The van der Waals surface area contributed by atoms with E-state index < -0.39 is 22.2 Å². The summed E-state index contributed by atoms with van der Waals surface area (Å²) in [5, 5.41) is 10.3. The van der Waals surface area contributed by atoms with Gasteiger partial charge in [0.25, 0.3) is 0 Å². The summed E-state index contributed by atoms with van der Waals surface area (Å²) in [7, 11) is -2.29. The maximum atomic E-state index is 13.3. The number of halogens is 3. The number of nitrogens with one attached hydrogen (secondary N) is 1. The number of piperazine rings is 1. The molecule has 0 bridgehead atoms. The average Bonchev–Trinajstić information content (AvgIpc) is 2.87. The minimum Gasteiger partial charge on any atom is -0.497 e. The van der Waals surface area contributed by atoms with Crippen molar-refractivity contribution in [2.24, 2.45) is 0 Å². The Kier molecular flexibility index (Phi) is 10.7. The van der Waals surface area contributed by atoms with Crippen molar-refractivity contribution in [2.75, 3.05) is 46.4 Å². The number of hydrogen-bond donors (Lipinski definition) is 2. The van der Waals surface area contributed by atoms with Gasteiger partial charge in [0.05, 0.1) is 18.6 Å². The first kappa shape index (κ1) is 29.1. The van der Waals surface area contributed by atoms with Gasteiger partial charge in [-0.1, -0.05) is 30.3 Å². The maximum Gasteiger partial charge on any atom is 0.490 e. The average molecular weight is 532 g/mol. The molecule has 0 aromatic heterocycles. The number of amides is 1. The molecule has 2 aromatic rings. The number of ether oxygens (including phenoxy) is 1. The first-order valence-corrected chi connectivity index (χ1v) is 12.4. The van der Waals surface area contributed by atoms with Crippen molar-refractivity contribution in [3.8, 4) is 5.75 Å². The van der Waals surface area contributed by atoms with Crippen LogP contribution in [0.4, 0.5) is 13.2 Å². The molecule has 2 aromatic carbocycles. The Balaban J connectivity index is 0.000000572. The quantitative estimate of drug-likeness (QED) is 0.535. The number of sulfonamides is 1. The minimum atomic E-state index is -5.08. The van der Waals surface area contributed by atoms with Gasteiger partial charge in [-0.25, -0.2) is 13.2 Å². The molecular formula is C23H28F3N3O6S. The monoisotopic (exact) mass is 531 g/mol. The lowest BCUT2D eigenvalue weighted by Crippen LogP contribution is -2.50. The number of alkyl halides is 3. The fourth-order valence-electron chi connectivity index (χ4n) is 3.24. The van der Waals surface area contributed by atoms with Crippen LogP contribution in [0.1, 0.15) is 5.56 Å². The molecule has 0 atom stereocenters. The Labute approximate surface area is 207 Å². The predicted octanol–water partition coefficient (Wildman–Crippen LogP) is 1.99. The summed E-state index contributed by atoms with van der Waals surface area (Å²) in [6, 6.07) is 15.9. The number of benzene rings is 2. The third-order valence-electron chi connectivity index (χ3n) is 5.21. The smallest absolute Gasteiger partial charge is 0.490 e. The van der Waals surface area contributed by atoms with E-state index in [1.807, 2.05) is 30.3 Å². The SMILES string of the molecule is COc1ccc(S(=O)(=O)N(CCc2ccccc2)CC(=O)N2CCNCC2)cc1.O=C(O)C(F)(F)F. The number of rotatable bonds is 8. The fourth-order valence-corrected chi connectivity index (χ4v) is 4.63. The van der Waals surface area contributed by atoms with Crippen LogP contribution in [0.15, 0.2) is 59.5 Å². The van der Waals surface area contributed by atoms with Gasteiger partial charge in [0.1, 0.15) is 5.75 Å². The number of carbonyl (C=O) groups is 2. The molecule has 0 saturated carbocycles. The van der Waals surface area contributed by atoms with Crippen LogP contribution in [0, 0.1) is 0 Å². The summed E-state index contributed by atoms with van der Waals surface area (Å²) in [4.78, 5) is 23.5. The molecule has 2 N–H and O–H groups in total. The zero-order chi connectivity index (χ0) is 26.8. The molecule has 1 heterocycles. The van der Waals surface area contributed by atoms with Crippen LogP contribution in [0.25, 0.3) is 0 Å². The normalized spacial score (nSPS) is 14.1. The van der Waals surface area contributed by atoms with Gasteiger partial charge < -0.3 is 20.1 Å². The number of nitrogens with zero attached hydrogens (tertiary/aromatic N) is 2. The van der Waals surface area contributed by atoms with E-state index >= 15 is 0 Å². The van der Waals surface area contributed by atoms with Gasteiger partial charge in [0.15, 0.2) is 0 Å². The number of carboxylic acid groups (broad SMARTS) is 1. The van der Waals surface area contributed by atoms with E-state index in [0.717, 1.165) is 18.7 Å².